The van der Waals surface area contributed by atoms with Gasteiger partial charge in [0, 0.05) is 32.3 Å². The Kier molecular flexibility index (Phi) is 4.23. The average molecular weight is 348 g/mol. The quantitative estimate of drug-likeness (QED) is 0.882. The van der Waals surface area contributed by atoms with Crippen LogP contribution in [0.4, 0.5) is 4.79 Å². The summed E-state index contributed by atoms with van der Waals surface area (Å²) in [5.41, 5.74) is 0.682. The lowest BCUT2D eigenvalue weighted by molar-refractivity contribution is -0.000353. The lowest BCUT2D eigenvalue weighted by Crippen LogP contribution is -2.47. The van der Waals surface area contributed by atoms with E-state index in [0.29, 0.717) is 13.2 Å². The second-order valence-corrected chi connectivity index (χ2v) is 7.41. The van der Waals surface area contributed by atoms with Gasteiger partial charge in [0.15, 0.2) is 0 Å². The summed E-state index contributed by atoms with van der Waals surface area (Å²) in [7, 11) is 0. The molecule has 2 heterocycles. The molecule has 1 unspecified atom stereocenters. The molecule has 4 nitrogen and oxygen atoms in total. The molecule has 1 aromatic rings. The molecule has 1 N–H and O–H groups in total. The van der Waals surface area contributed by atoms with Crippen LogP contribution in [0.3, 0.4) is 0 Å². The summed E-state index contributed by atoms with van der Waals surface area (Å²) in [6.45, 7) is 6.71. The first-order valence-corrected chi connectivity index (χ1v) is 7.86. The van der Waals surface area contributed by atoms with Crippen molar-refractivity contribution in [3.63, 3.8) is 0 Å². The molecule has 0 saturated heterocycles. The van der Waals surface area contributed by atoms with Crippen molar-refractivity contribution in [2.24, 2.45) is 0 Å². The Labute approximate surface area is 125 Å². The first-order valence-electron chi connectivity index (χ1n) is 6.18. The van der Waals surface area contributed by atoms with Gasteiger partial charge < -0.3 is 14.7 Å². The van der Waals surface area contributed by atoms with Crippen molar-refractivity contribution in [3.05, 3.63) is 20.3 Å². The molecule has 1 aliphatic heterocycles. The normalized spacial score (nSPS) is 19.1. The largest absolute Gasteiger partial charge is 0.465 e. The van der Waals surface area contributed by atoms with Gasteiger partial charge in [-0.1, -0.05) is 0 Å². The van der Waals surface area contributed by atoms with Crippen molar-refractivity contribution in [1.82, 2.24) is 4.90 Å². The Morgan fingerprint density at radius 3 is 2.89 bits per heavy atom. The number of hydrogen-bond acceptors (Lipinski definition) is 3. The number of nitrogens with zero attached hydrogens (tertiary/aromatic N) is 1. The van der Waals surface area contributed by atoms with Crippen molar-refractivity contribution in [3.8, 4) is 0 Å². The molecule has 1 aliphatic rings. The van der Waals surface area contributed by atoms with E-state index in [-0.39, 0.29) is 6.10 Å². The predicted molar refractivity (Wildman–Crippen MR) is 78.9 cm³/mol. The summed E-state index contributed by atoms with van der Waals surface area (Å²) in [6, 6.07) is 0. The van der Waals surface area contributed by atoms with Gasteiger partial charge >= 0.3 is 6.09 Å². The Morgan fingerprint density at radius 2 is 2.32 bits per heavy atom. The predicted octanol–water partition coefficient (Wildman–Crippen LogP) is 3.90. The number of carbonyl (C=O) groups is 1. The van der Waals surface area contributed by atoms with Crippen molar-refractivity contribution < 1.29 is 14.6 Å². The Morgan fingerprint density at radius 1 is 1.63 bits per heavy atom. The van der Waals surface area contributed by atoms with Gasteiger partial charge in [0.1, 0.15) is 6.10 Å². The fourth-order valence-electron chi connectivity index (χ4n) is 2.24. The molecular formula is C13H18BrNO3S. The molecule has 106 valence electrons. The van der Waals surface area contributed by atoms with Gasteiger partial charge in [-0.05, 0) is 36.7 Å². The number of amides is 1. The minimum atomic E-state index is -0.908. The molecule has 0 fully saturated rings. The molecule has 19 heavy (non-hydrogen) atoms. The van der Waals surface area contributed by atoms with E-state index < -0.39 is 11.6 Å². The maximum absolute atomic E-state index is 11.4. The van der Waals surface area contributed by atoms with Gasteiger partial charge in [-0.15, -0.1) is 11.3 Å². The van der Waals surface area contributed by atoms with E-state index >= 15 is 0 Å². The fraction of sp³-hybridized carbons (Fsp3) is 0.615. The van der Waals surface area contributed by atoms with Crippen LogP contribution in [0.1, 0.15) is 37.3 Å². The number of thiophene rings is 1. The van der Waals surface area contributed by atoms with Crippen LogP contribution in [-0.2, 0) is 11.2 Å². The third kappa shape index (κ3) is 3.12. The molecule has 0 aliphatic carbocycles. The minimum absolute atomic E-state index is 0.181. The summed E-state index contributed by atoms with van der Waals surface area (Å²) in [5.74, 6) is 0. The van der Waals surface area contributed by atoms with Crippen molar-refractivity contribution in [2.45, 2.75) is 38.8 Å². The van der Waals surface area contributed by atoms with E-state index in [1.807, 2.05) is 20.8 Å². The van der Waals surface area contributed by atoms with E-state index in [4.69, 9.17) is 4.74 Å². The summed E-state index contributed by atoms with van der Waals surface area (Å²) >= 11 is 5.24. The molecule has 0 spiro atoms. The second-order valence-electron chi connectivity index (χ2n) is 5.59. The number of carboxylic acid groups (broad SMARTS) is 1. The maximum Gasteiger partial charge on any atom is 0.407 e. The summed E-state index contributed by atoms with van der Waals surface area (Å²) < 4.78 is 6.82. The number of halogens is 1. The minimum Gasteiger partial charge on any atom is -0.465 e. The molecule has 1 aromatic heterocycles. The van der Waals surface area contributed by atoms with Gasteiger partial charge in [-0.2, -0.15) is 0 Å². The Hall–Kier alpha value is -0.590. The molecule has 2 rings (SSSR count). The van der Waals surface area contributed by atoms with E-state index in [1.54, 1.807) is 11.3 Å². The van der Waals surface area contributed by atoms with Crippen LogP contribution in [0.25, 0.3) is 0 Å². The maximum atomic E-state index is 11.4. The van der Waals surface area contributed by atoms with Gasteiger partial charge in [-0.3, -0.25) is 0 Å². The third-order valence-corrected chi connectivity index (χ3v) is 5.24. The number of hydrogen-bond donors (Lipinski definition) is 1. The SMILES string of the molecule is CC(C)(C)N(CC1OCCc2scc(Br)c21)C(=O)O. The van der Waals surface area contributed by atoms with Crippen LogP contribution < -0.4 is 0 Å². The number of ether oxygens (including phenoxy) is 1. The highest BCUT2D eigenvalue weighted by molar-refractivity contribution is 9.10. The lowest BCUT2D eigenvalue weighted by Gasteiger charge is -2.37. The topological polar surface area (TPSA) is 49.8 Å². The molecule has 6 heteroatoms. The summed E-state index contributed by atoms with van der Waals surface area (Å²) in [6.07, 6.45) is -0.181. The van der Waals surface area contributed by atoms with E-state index in [0.717, 1.165) is 16.5 Å². The Bertz CT molecular complexity index is 481. The van der Waals surface area contributed by atoms with Gasteiger partial charge in [0.05, 0.1) is 13.2 Å². The highest BCUT2D eigenvalue weighted by Crippen LogP contribution is 2.38. The zero-order valence-corrected chi connectivity index (χ0v) is 13.7. The monoisotopic (exact) mass is 347 g/mol. The average Bonchev–Trinajstić information content (AvgIpc) is 2.67. The summed E-state index contributed by atoms with van der Waals surface area (Å²) in [5, 5.41) is 11.4. The van der Waals surface area contributed by atoms with Crippen LogP contribution in [0.2, 0.25) is 0 Å². The zero-order valence-electron chi connectivity index (χ0n) is 11.3. The highest BCUT2D eigenvalue weighted by Gasteiger charge is 2.33. The van der Waals surface area contributed by atoms with Gasteiger partial charge in [0.2, 0.25) is 0 Å². The molecule has 1 atom stereocenters. The molecule has 0 saturated carbocycles. The van der Waals surface area contributed by atoms with Crippen LogP contribution in [0, 0.1) is 0 Å². The van der Waals surface area contributed by atoms with Crippen molar-refractivity contribution >= 4 is 33.4 Å². The number of rotatable bonds is 2. The van der Waals surface area contributed by atoms with E-state index in [1.165, 1.54) is 9.78 Å². The molecule has 0 bridgehead atoms. The van der Waals surface area contributed by atoms with Crippen LogP contribution in [0.5, 0.6) is 0 Å². The van der Waals surface area contributed by atoms with Crippen molar-refractivity contribution in [1.29, 1.82) is 0 Å². The zero-order chi connectivity index (χ0) is 14.2. The second kappa shape index (κ2) is 5.42. The standard InChI is InChI=1S/C13H18BrNO3S/c1-13(2,3)15(12(16)17)6-9-11-8(14)7-19-10(11)4-5-18-9/h7,9H,4-6H2,1-3H3,(H,16,17). The number of fused-ring (bicyclic) bond motifs is 1. The molecule has 0 aromatic carbocycles. The molecular weight excluding hydrogens is 330 g/mol. The van der Waals surface area contributed by atoms with Crippen LogP contribution >= 0.6 is 27.3 Å². The van der Waals surface area contributed by atoms with Crippen LogP contribution in [-0.4, -0.2) is 34.8 Å². The summed E-state index contributed by atoms with van der Waals surface area (Å²) in [4.78, 5) is 14.2. The van der Waals surface area contributed by atoms with Crippen LogP contribution in [0.15, 0.2) is 9.85 Å². The first kappa shape index (κ1) is 14.8. The molecule has 0 radical (unpaired) electrons. The van der Waals surface area contributed by atoms with Gasteiger partial charge in [0.25, 0.3) is 0 Å². The molecule has 1 amide bonds. The van der Waals surface area contributed by atoms with Gasteiger partial charge in [-0.25, -0.2) is 4.79 Å². The third-order valence-electron chi connectivity index (χ3n) is 3.22. The fourth-order valence-corrected chi connectivity index (χ4v) is 4.08. The lowest BCUT2D eigenvalue weighted by atomic mass is 10.0. The van der Waals surface area contributed by atoms with Crippen molar-refractivity contribution in [2.75, 3.05) is 13.2 Å². The first-order chi connectivity index (χ1) is 8.80. The van der Waals surface area contributed by atoms with E-state index in [2.05, 4.69) is 21.3 Å². The highest BCUT2D eigenvalue weighted by atomic mass is 79.9. The van der Waals surface area contributed by atoms with E-state index in [9.17, 15) is 9.90 Å². The Balaban J connectivity index is 2.24. The smallest absolute Gasteiger partial charge is 0.407 e.